The molecular formula is C11H14N2O3S. The van der Waals surface area contributed by atoms with E-state index in [4.69, 9.17) is 4.74 Å². The average Bonchev–Trinajstić information content (AvgIpc) is 2.91. The molecule has 17 heavy (non-hydrogen) atoms. The predicted octanol–water partition coefficient (Wildman–Crippen LogP) is 1.17. The first-order valence-electron chi connectivity index (χ1n) is 5.48. The number of methoxy groups -OCH3 is 1. The summed E-state index contributed by atoms with van der Waals surface area (Å²) in [6, 6.07) is 0. The van der Waals surface area contributed by atoms with Crippen LogP contribution >= 0.6 is 11.3 Å². The summed E-state index contributed by atoms with van der Waals surface area (Å²) in [5.41, 5.74) is 1.65. The molecule has 0 radical (unpaired) electrons. The third kappa shape index (κ3) is 2.63. The van der Waals surface area contributed by atoms with Crippen molar-refractivity contribution in [3.05, 3.63) is 16.6 Å². The lowest BCUT2D eigenvalue weighted by Crippen LogP contribution is -2.40. The number of rotatable bonds is 2. The summed E-state index contributed by atoms with van der Waals surface area (Å²) in [5.74, 6) is -0.226. The van der Waals surface area contributed by atoms with Gasteiger partial charge in [-0.15, -0.1) is 11.3 Å². The van der Waals surface area contributed by atoms with Gasteiger partial charge in [-0.1, -0.05) is 0 Å². The fourth-order valence-electron chi connectivity index (χ4n) is 1.96. The fourth-order valence-corrected chi connectivity index (χ4v) is 2.55. The molecule has 0 aromatic carbocycles. The van der Waals surface area contributed by atoms with Gasteiger partial charge >= 0.3 is 5.97 Å². The van der Waals surface area contributed by atoms with E-state index in [2.05, 4.69) is 4.98 Å². The van der Waals surface area contributed by atoms with Crippen molar-refractivity contribution in [3.8, 4) is 0 Å². The first-order chi connectivity index (χ1) is 8.22. The molecule has 1 aromatic rings. The summed E-state index contributed by atoms with van der Waals surface area (Å²) in [6.45, 7) is 1.22. The largest absolute Gasteiger partial charge is 0.469 e. The van der Waals surface area contributed by atoms with Crippen molar-refractivity contribution in [1.29, 1.82) is 0 Å². The average molecular weight is 254 g/mol. The van der Waals surface area contributed by atoms with E-state index in [-0.39, 0.29) is 17.8 Å². The number of amides is 1. The molecule has 0 unspecified atom stereocenters. The van der Waals surface area contributed by atoms with Gasteiger partial charge in [-0.05, 0) is 12.8 Å². The van der Waals surface area contributed by atoms with Crippen molar-refractivity contribution in [1.82, 2.24) is 9.88 Å². The van der Waals surface area contributed by atoms with E-state index in [0.717, 1.165) is 0 Å². The molecule has 6 heteroatoms. The zero-order chi connectivity index (χ0) is 12.3. The number of carbonyl (C=O) groups excluding carboxylic acids is 2. The van der Waals surface area contributed by atoms with E-state index in [1.54, 1.807) is 16.6 Å². The van der Waals surface area contributed by atoms with Gasteiger partial charge in [0.25, 0.3) is 5.91 Å². The molecule has 92 valence electrons. The van der Waals surface area contributed by atoms with Crippen LogP contribution in [0.2, 0.25) is 0 Å². The zero-order valence-electron chi connectivity index (χ0n) is 9.59. The number of likely N-dealkylation sites (tertiary alicyclic amines) is 1. The topological polar surface area (TPSA) is 59.5 Å². The van der Waals surface area contributed by atoms with E-state index in [1.165, 1.54) is 18.4 Å². The highest BCUT2D eigenvalue weighted by molar-refractivity contribution is 7.11. The molecule has 0 saturated carbocycles. The van der Waals surface area contributed by atoms with Gasteiger partial charge in [0.2, 0.25) is 0 Å². The zero-order valence-corrected chi connectivity index (χ0v) is 10.4. The quantitative estimate of drug-likeness (QED) is 0.743. The van der Waals surface area contributed by atoms with Crippen LogP contribution in [-0.2, 0) is 9.53 Å². The molecule has 2 heterocycles. The minimum atomic E-state index is -0.171. The number of piperidine rings is 1. The van der Waals surface area contributed by atoms with Gasteiger partial charge in [-0.3, -0.25) is 14.6 Å². The van der Waals surface area contributed by atoms with Gasteiger partial charge in [0.05, 0.1) is 24.7 Å². The van der Waals surface area contributed by atoms with E-state index in [1.807, 2.05) is 0 Å². The second-order valence-corrected chi connectivity index (χ2v) is 4.84. The van der Waals surface area contributed by atoms with Crippen LogP contribution in [0.5, 0.6) is 0 Å². The molecule has 1 aromatic heterocycles. The number of carbonyl (C=O) groups is 2. The Kier molecular flexibility index (Phi) is 3.73. The fraction of sp³-hybridized carbons (Fsp3) is 0.545. The van der Waals surface area contributed by atoms with Crippen LogP contribution in [0.3, 0.4) is 0 Å². The lowest BCUT2D eigenvalue weighted by molar-refractivity contribution is -0.146. The number of hydrogen-bond donors (Lipinski definition) is 0. The SMILES string of the molecule is COC(=O)C1CCN(C(=O)c2cncs2)CC1. The number of ether oxygens (including phenoxy) is 1. The van der Waals surface area contributed by atoms with Crippen molar-refractivity contribution < 1.29 is 14.3 Å². The van der Waals surface area contributed by atoms with Crippen LogP contribution in [0, 0.1) is 5.92 Å². The molecule has 0 spiro atoms. The molecule has 1 aliphatic rings. The molecule has 1 fully saturated rings. The molecular weight excluding hydrogens is 240 g/mol. The minimum Gasteiger partial charge on any atom is -0.469 e. The molecule has 0 N–H and O–H groups in total. The number of nitrogens with zero attached hydrogens (tertiary/aromatic N) is 2. The lowest BCUT2D eigenvalue weighted by Gasteiger charge is -2.30. The van der Waals surface area contributed by atoms with Gasteiger partial charge in [0.1, 0.15) is 4.88 Å². The Bertz CT molecular complexity index is 397. The van der Waals surface area contributed by atoms with Crippen LogP contribution < -0.4 is 0 Å². The predicted molar refractivity (Wildman–Crippen MR) is 62.8 cm³/mol. The van der Waals surface area contributed by atoms with Crippen molar-refractivity contribution in [3.63, 3.8) is 0 Å². The second kappa shape index (κ2) is 5.27. The normalized spacial score (nSPS) is 16.9. The van der Waals surface area contributed by atoms with Crippen LogP contribution in [0.15, 0.2) is 11.7 Å². The standard InChI is InChI=1S/C11H14N2O3S/c1-16-11(15)8-2-4-13(5-3-8)10(14)9-6-12-7-17-9/h6-8H,2-5H2,1H3. The first-order valence-corrected chi connectivity index (χ1v) is 6.36. The van der Waals surface area contributed by atoms with Crippen molar-refractivity contribution in [2.75, 3.05) is 20.2 Å². The molecule has 2 rings (SSSR count). The lowest BCUT2D eigenvalue weighted by atomic mass is 9.97. The van der Waals surface area contributed by atoms with E-state index in [9.17, 15) is 9.59 Å². The van der Waals surface area contributed by atoms with Gasteiger partial charge in [-0.2, -0.15) is 0 Å². The maximum absolute atomic E-state index is 12.0. The Morgan fingerprint density at radius 3 is 2.71 bits per heavy atom. The van der Waals surface area contributed by atoms with Crippen molar-refractivity contribution in [2.45, 2.75) is 12.8 Å². The summed E-state index contributed by atoms with van der Waals surface area (Å²) in [7, 11) is 1.40. The summed E-state index contributed by atoms with van der Waals surface area (Å²) in [6.07, 6.45) is 2.94. The maximum atomic E-state index is 12.0. The van der Waals surface area contributed by atoms with E-state index in [0.29, 0.717) is 30.8 Å². The smallest absolute Gasteiger partial charge is 0.308 e. The van der Waals surface area contributed by atoms with Crippen LogP contribution in [-0.4, -0.2) is 42.0 Å². The Hall–Kier alpha value is -1.43. The van der Waals surface area contributed by atoms with Crippen LogP contribution in [0.4, 0.5) is 0 Å². The molecule has 0 aliphatic carbocycles. The Morgan fingerprint density at radius 2 is 2.18 bits per heavy atom. The van der Waals surface area contributed by atoms with Gasteiger partial charge in [0, 0.05) is 13.1 Å². The van der Waals surface area contributed by atoms with E-state index < -0.39 is 0 Å². The Balaban J connectivity index is 1.91. The number of esters is 1. The number of thiazole rings is 1. The maximum Gasteiger partial charge on any atom is 0.308 e. The Labute approximate surface area is 103 Å². The summed E-state index contributed by atoms with van der Waals surface area (Å²) in [5, 5.41) is 0. The third-order valence-corrected chi connectivity index (χ3v) is 3.72. The molecule has 0 bridgehead atoms. The highest BCUT2D eigenvalue weighted by atomic mass is 32.1. The van der Waals surface area contributed by atoms with Gasteiger partial charge in [-0.25, -0.2) is 0 Å². The monoisotopic (exact) mass is 254 g/mol. The summed E-state index contributed by atoms with van der Waals surface area (Å²) in [4.78, 5) is 29.6. The van der Waals surface area contributed by atoms with Gasteiger partial charge in [0.15, 0.2) is 0 Å². The molecule has 1 saturated heterocycles. The number of aromatic nitrogens is 1. The first kappa shape index (κ1) is 12.0. The molecule has 5 nitrogen and oxygen atoms in total. The molecule has 1 amide bonds. The second-order valence-electron chi connectivity index (χ2n) is 3.96. The highest BCUT2D eigenvalue weighted by Gasteiger charge is 2.28. The molecule has 0 atom stereocenters. The van der Waals surface area contributed by atoms with Crippen LogP contribution in [0.1, 0.15) is 22.5 Å². The van der Waals surface area contributed by atoms with E-state index >= 15 is 0 Å². The molecule has 1 aliphatic heterocycles. The van der Waals surface area contributed by atoms with Gasteiger partial charge < -0.3 is 9.64 Å². The number of hydrogen-bond acceptors (Lipinski definition) is 5. The summed E-state index contributed by atoms with van der Waals surface area (Å²) >= 11 is 1.34. The van der Waals surface area contributed by atoms with Crippen molar-refractivity contribution >= 4 is 23.2 Å². The van der Waals surface area contributed by atoms with Crippen molar-refractivity contribution in [2.24, 2.45) is 5.92 Å². The summed E-state index contributed by atoms with van der Waals surface area (Å²) < 4.78 is 4.71. The minimum absolute atomic E-state index is 0.0100. The van der Waals surface area contributed by atoms with Crippen LogP contribution in [0.25, 0.3) is 0 Å². The highest BCUT2D eigenvalue weighted by Crippen LogP contribution is 2.20. The third-order valence-electron chi connectivity index (χ3n) is 2.96. The Morgan fingerprint density at radius 1 is 1.47 bits per heavy atom.